The maximum atomic E-state index is 12.0. The van der Waals surface area contributed by atoms with Crippen LogP contribution in [0.2, 0.25) is 10.0 Å². The minimum Gasteiger partial charge on any atom is -0.480 e. The van der Waals surface area contributed by atoms with Gasteiger partial charge >= 0.3 is 5.97 Å². The largest absolute Gasteiger partial charge is 0.480 e. The molecular formula is C24H25Cl2N5O2. The van der Waals surface area contributed by atoms with Crippen molar-refractivity contribution in [1.29, 1.82) is 0 Å². The molecule has 1 fully saturated rings. The number of carboxylic acid groups (broad SMARTS) is 1. The summed E-state index contributed by atoms with van der Waals surface area (Å²) in [5, 5.41) is 10.9. The average Bonchev–Trinajstić information content (AvgIpc) is 2.79. The number of nitrogens with zero attached hydrogens (tertiary/aromatic N) is 5. The molecule has 1 atom stereocenters. The monoisotopic (exact) mass is 485 g/mol. The zero-order valence-electron chi connectivity index (χ0n) is 18.4. The van der Waals surface area contributed by atoms with E-state index in [9.17, 15) is 9.90 Å². The number of carboxylic acids is 1. The van der Waals surface area contributed by atoms with E-state index < -0.39 is 12.0 Å². The average molecular weight is 486 g/mol. The van der Waals surface area contributed by atoms with Crippen molar-refractivity contribution < 1.29 is 9.90 Å². The van der Waals surface area contributed by atoms with E-state index in [0.717, 1.165) is 12.1 Å². The Kier molecular flexibility index (Phi) is 7.12. The first-order chi connectivity index (χ1) is 15.8. The van der Waals surface area contributed by atoms with Crippen LogP contribution >= 0.6 is 23.2 Å². The molecule has 0 amide bonds. The van der Waals surface area contributed by atoms with Gasteiger partial charge < -0.3 is 10.0 Å². The lowest BCUT2D eigenvalue weighted by atomic mass is 10.0. The number of aliphatic carboxylic acids is 1. The molecule has 3 aromatic rings. The van der Waals surface area contributed by atoms with Crippen molar-refractivity contribution in [3.63, 3.8) is 0 Å². The maximum Gasteiger partial charge on any atom is 0.322 e. The topological polar surface area (TPSA) is 82.5 Å². The summed E-state index contributed by atoms with van der Waals surface area (Å²) >= 11 is 12.5. The van der Waals surface area contributed by atoms with E-state index in [-0.39, 0.29) is 0 Å². The highest BCUT2D eigenvalue weighted by Crippen LogP contribution is 2.35. The molecule has 33 heavy (non-hydrogen) atoms. The number of anilines is 1. The van der Waals surface area contributed by atoms with Crippen LogP contribution < -0.4 is 4.90 Å². The van der Waals surface area contributed by atoms with Gasteiger partial charge in [-0.05, 0) is 24.1 Å². The molecule has 0 bridgehead atoms. The van der Waals surface area contributed by atoms with Gasteiger partial charge in [-0.1, -0.05) is 49.2 Å². The fourth-order valence-electron chi connectivity index (χ4n) is 4.06. The van der Waals surface area contributed by atoms with Crippen LogP contribution in [0.3, 0.4) is 0 Å². The minimum atomic E-state index is -0.830. The fourth-order valence-corrected chi connectivity index (χ4v) is 4.39. The fraction of sp³-hybridized carbons (Fsp3) is 0.333. The summed E-state index contributed by atoms with van der Waals surface area (Å²) in [6.07, 6.45) is 4.92. The van der Waals surface area contributed by atoms with E-state index in [0.29, 0.717) is 58.4 Å². The van der Waals surface area contributed by atoms with Gasteiger partial charge in [-0.3, -0.25) is 19.7 Å². The van der Waals surface area contributed by atoms with Crippen molar-refractivity contribution in [3.05, 3.63) is 59.0 Å². The Bertz CT molecular complexity index is 1140. The molecule has 1 aliphatic heterocycles. The lowest BCUT2D eigenvalue weighted by Gasteiger charge is -2.40. The Morgan fingerprint density at radius 3 is 2.55 bits per heavy atom. The third-order valence-electron chi connectivity index (χ3n) is 5.60. The summed E-state index contributed by atoms with van der Waals surface area (Å²) in [6.45, 7) is 6.56. The van der Waals surface area contributed by atoms with Crippen molar-refractivity contribution >= 4 is 35.0 Å². The third-order valence-corrected chi connectivity index (χ3v) is 6.16. The highest BCUT2D eigenvalue weighted by atomic mass is 35.5. The molecule has 4 rings (SSSR count). The summed E-state index contributed by atoms with van der Waals surface area (Å²) < 4.78 is 0. The van der Waals surface area contributed by atoms with Crippen molar-refractivity contribution in [2.75, 3.05) is 31.1 Å². The summed E-state index contributed by atoms with van der Waals surface area (Å²) in [5.41, 5.74) is 2.83. The van der Waals surface area contributed by atoms with Crippen LogP contribution in [0.1, 0.15) is 13.8 Å². The first kappa shape index (κ1) is 23.4. The molecule has 0 aliphatic carbocycles. The SMILES string of the molecule is CC(C)CN1CCN(c2cnc(-c3ccc(Cl)cc3)c(-c3ccncc3Cl)n2)CC1C(=O)O. The number of aromatic nitrogens is 3. The van der Waals surface area contributed by atoms with Gasteiger partial charge in [-0.2, -0.15) is 0 Å². The van der Waals surface area contributed by atoms with Crippen LogP contribution in [0.25, 0.3) is 22.5 Å². The molecule has 9 heteroatoms. The molecule has 1 aromatic carbocycles. The summed E-state index contributed by atoms with van der Waals surface area (Å²) in [5.74, 6) is 0.173. The van der Waals surface area contributed by atoms with Gasteiger partial charge in [0.25, 0.3) is 0 Å². The Balaban J connectivity index is 1.73. The van der Waals surface area contributed by atoms with E-state index >= 15 is 0 Å². The van der Waals surface area contributed by atoms with Gasteiger partial charge in [0.1, 0.15) is 17.6 Å². The zero-order valence-corrected chi connectivity index (χ0v) is 20.0. The van der Waals surface area contributed by atoms with Crippen LogP contribution in [0.15, 0.2) is 48.9 Å². The van der Waals surface area contributed by atoms with Gasteiger partial charge in [-0.25, -0.2) is 4.98 Å². The van der Waals surface area contributed by atoms with Crippen molar-refractivity contribution in [3.8, 4) is 22.5 Å². The smallest absolute Gasteiger partial charge is 0.322 e. The summed E-state index contributed by atoms with van der Waals surface area (Å²) in [6, 6.07) is 8.57. The predicted octanol–water partition coefficient (Wildman–Crippen LogP) is 4.74. The van der Waals surface area contributed by atoms with Gasteiger partial charge in [0, 0.05) is 54.7 Å². The number of piperazine rings is 1. The molecule has 0 spiro atoms. The summed E-state index contributed by atoms with van der Waals surface area (Å²) in [4.78, 5) is 29.7. The van der Waals surface area contributed by atoms with Crippen LogP contribution in [0, 0.1) is 5.92 Å². The molecule has 2 aromatic heterocycles. The van der Waals surface area contributed by atoms with Gasteiger partial charge in [0.05, 0.1) is 16.9 Å². The molecule has 1 saturated heterocycles. The highest BCUT2D eigenvalue weighted by Gasteiger charge is 2.33. The Hall–Kier alpha value is -2.74. The first-order valence-corrected chi connectivity index (χ1v) is 11.5. The Morgan fingerprint density at radius 2 is 1.88 bits per heavy atom. The maximum absolute atomic E-state index is 12.0. The lowest BCUT2D eigenvalue weighted by Crippen LogP contribution is -2.57. The van der Waals surface area contributed by atoms with Crippen molar-refractivity contribution in [1.82, 2.24) is 19.9 Å². The second-order valence-corrected chi connectivity index (χ2v) is 9.32. The molecule has 7 nitrogen and oxygen atoms in total. The number of halogens is 2. The van der Waals surface area contributed by atoms with E-state index in [1.54, 1.807) is 36.8 Å². The van der Waals surface area contributed by atoms with E-state index in [1.165, 1.54) is 0 Å². The molecule has 0 radical (unpaired) electrons. The molecule has 1 N–H and O–H groups in total. The minimum absolute atomic E-state index is 0.334. The quantitative estimate of drug-likeness (QED) is 0.539. The Morgan fingerprint density at radius 1 is 1.12 bits per heavy atom. The zero-order chi connectivity index (χ0) is 23.5. The molecular weight excluding hydrogens is 461 g/mol. The van der Waals surface area contributed by atoms with Gasteiger partial charge in [-0.15, -0.1) is 0 Å². The summed E-state index contributed by atoms with van der Waals surface area (Å²) in [7, 11) is 0. The number of hydrogen-bond donors (Lipinski definition) is 1. The number of hydrogen-bond acceptors (Lipinski definition) is 6. The number of benzene rings is 1. The van der Waals surface area contributed by atoms with Crippen LogP contribution in [0.5, 0.6) is 0 Å². The van der Waals surface area contributed by atoms with Gasteiger partial charge in [0.15, 0.2) is 0 Å². The Labute approximate surface area is 203 Å². The highest BCUT2D eigenvalue weighted by molar-refractivity contribution is 6.33. The lowest BCUT2D eigenvalue weighted by molar-refractivity contribution is -0.143. The second-order valence-electron chi connectivity index (χ2n) is 8.48. The number of pyridine rings is 1. The van der Waals surface area contributed by atoms with E-state index in [2.05, 4.69) is 18.8 Å². The third kappa shape index (κ3) is 5.27. The molecule has 1 aliphatic rings. The van der Waals surface area contributed by atoms with Crippen molar-refractivity contribution in [2.24, 2.45) is 5.92 Å². The predicted molar refractivity (Wildman–Crippen MR) is 131 cm³/mol. The second kappa shape index (κ2) is 10.0. The molecule has 3 heterocycles. The van der Waals surface area contributed by atoms with Crippen LogP contribution in [-0.4, -0.2) is 63.1 Å². The number of carbonyl (C=O) groups is 1. The van der Waals surface area contributed by atoms with Crippen molar-refractivity contribution in [2.45, 2.75) is 19.9 Å². The molecule has 0 saturated carbocycles. The van der Waals surface area contributed by atoms with Gasteiger partial charge in [0.2, 0.25) is 0 Å². The normalized spacial score (nSPS) is 16.9. The van der Waals surface area contributed by atoms with Crippen LogP contribution in [-0.2, 0) is 4.79 Å². The first-order valence-electron chi connectivity index (χ1n) is 10.8. The standard InChI is InChI=1S/C24H25Cl2N5O2/c1-15(2)13-30-9-10-31(14-20(30)24(32)33)21-12-28-22(16-3-5-17(25)6-4-16)23(29-21)18-7-8-27-11-19(18)26/h3-8,11-12,15,20H,9-10,13-14H2,1-2H3,(H,32,33). The van der Waals surface area contributed by atoms with E-state index in [1.807, 2.05) is 21.9 Å². The molecule has 1 unspecified atom stereocenters. The van der Waals surface area contributed by atoms with E-state index in [4.69, 9.17) is 33.2 Å². The van der Waals surface area contributed by atoms with Crippen LogP contribution in [0.4, 0.5) is 5.82 Å². The molecule has 172 valence electrons. The number of rotatable bonds is 6.